The molecule has 3 heteroatoms. The van der Waals surface area contributed by atoms with Crippen molar-refractivity contribution in [3.05, 3.63) is 64.2 Å². The predicted molar refractivity (Wildman–Crippen MR) is 104 cm³/mol. The predicted octanol–water partition coefficient (Wildman–Crippen LogP) is 5.36. The fourth-order valence-corrected chi connectivity index (χ4v) is 3.25. The fraction of sp³-hybridized carbons (Fsp3) is 0.350. The molecule has 2 N–H and O–H groups in total. The largest absolute Gasteiger partial charge is 0.356 e. The summed E-state index contributed by atoms with van der Waals surface area (Å²) < 4.78 is 0. The number of aryl methyl sites for hydroxylation is 4. The van der Waals surface area contributed by atoms with E-state index < -0.39 is 0 Å². The molecule has 0 heterocycles. The Morgan fingerprint density at radius 2 is 1.61 bits per heavy atom. The quantitative estimate of drug-likeness (QED) is 0.740. The van der Waals surface area contributed by atoms with Gasteiger partial charge in [-0.25, -0.2) is 0 Å². The van der Waals surface area contributed by atoms with Crippen LogP contribution in [0.4, 0.5) is 5.69 Å². The van der Waals surface area contributed by atoms with Gasteiger partial charge in [0.1, 0.15) is 0 Å². The molecule has 0 spiro atoms. The number of hydrogen-bond donors (Lipinski definition) is 2. The highest BCUT2D eigenvalue weighted by Crippen LogP contribution is 2.22. The van der Waals surface area contributed by atoms with Gasteiger partial charge in [-0.05, 0) is 80.7 Å². The highest BCUT2D eigenvalue weighted by atomic mass is 32.1. The van der Waals surface area contributed by atoms with Gasteiger partial charge in [-0.3, -0.25) is 0 Å². The van der Waals surface area contributed by atoms with E-state index in [0.29, 0.717) is 5.11 Å². The van der Waals surface area contributed by atoms with Crippen LogP contribution in [0.15, 0.2) is 36.4 Å². The molecule has 122 valence electrons. The molecular weight excluding hydrogens is 300 g/mol. The van der Waals surface area contributed by atoms with E-state index in [0.717, 1.165) is 12.1 Å². The average molecular weight is 327 g/mol. The van der Waals surface area contributed by atoms with Crippen molar-refractivity contribution in [2.24, 2.45) is 0 Å². The Labute approximate surface area is 145 Å². The molecule has 1 unspecified atom stereocenters. The van der Waals surface area contributed by atoms with E-state index in [1.165, 1.54) is 27.8 Å². The van der Waals surface area contributed by atoms with Crippen molar-refractivity contribution in [3.8, 4) is 0 Å². The van der Waals surface area contributed by atoms with Crippen molar-refractivity contribution in [3.63, 3.8) is 0 Å². The molecule has 23 heavy (non-hydrogen) atoms. The summed E-state index contributed by atoms with van der Waals surface area (Å²) >= 11 is 5.51. The minimum Gasteiger partial charge on any atom is -0.356 e. The molecule has 2 aromatic rings. The minimum absolute atomic E-state index is 0.224. The molecule has 0 aromatic heterocycles. The van der Waals surface area contributed by atoms with Crippen molar-refractivity contribution in [2.45, 2.75) is 47.1 Å². The molecule has 0 bridgehead atoms. The number of anilines is 1. The number of thiocarbonyl (C=S) groups is 1. The molecule has 0 aliphatic rings. The van der Waals surface area contributed by atoms with E-state index in [-0.39, 0.29) is 6.04 Å². The van der Waals surface area contributed by atoms with E-state index in [1.54, 1.807) is 0 Å². The Bertz CT molecular complexity index is 687. The van der Waals surface area contributed by atoms with Crippen molar-refractivity contribution in [1.82, 2.24) is 5.32 Å². The third-order valence-corrected chi connectivity index (χ3v) is 4.21. The summed E-state index contributed by atoms with van der Waals surface area (Å²) in [6, 6.07) is 13.2. The topological polar surface area (TPSA) is 24.1 Å². The third kappa shape index (κ3) is 4.80. The Kier molecular flexibility index (Phi) is 5.78. The maximum absolute atomic E-state index is 5.51. The van der Waals surface area contributed by atoms with Crippen LogP contribution in [-0.2, 0) is 0 Å². The minimum atomic E-state index is 0.224. The molecule has 0 aliphatic heterocycles. The maximum atomic E-state index is 5.51. The standard InChI is InChI=1S/C20H26N2S/c1-6-19(18-8-7-13(2)10-16(18)5)22-20(23)21-17-11-14(3)9-15(4)12-17/h7-12,19H,6H2,1-5H3,(H2,21,22,23). The molecule has 1 atom stereocenters. The lowest BCUT2D eigenvalue weighted by molar-refractivity contribution is 0.625. The van der Waals surface area contributed by atoms with Gasteiger partial charge in [-0.1, -0.05) is 36.8 Å². The van der Waals surface area contributed by atoms with Crippen LogP contribution in [0, 0.1) is 27.7 Å². The summed E-state index contributed by atoms with van der Waals surface area (Å²) in [6.45, 7) is 10.7. The van der Waals surface area contributed by atoms with Gasteiger partial charge in [0.25, 0.3) is 0 Å². The van der Waals surface area contributed by atoms with Gasteiger partial charge >= 0.3 is 0 Å². The van der Waals surface area contributed by atoms with Crippen molar-refractivity contribution < 1.29 is 0 Å². The Hall–Kier alpha value is -1.87. The monoisotopic (exact) mass is 326 g/mol. The van der Waals surface area contributed by atoms with Gasteiger partial charge in [0.05, 0.1) is 6.04 Å². The first-order valence-electron chi connectivity index (χ1n) is 8.12. The van der Waals surface area contributed by atoms with E-state index in [1.807, 2.05) is 0 Å². The first-order chi connectivity index (χ1) is 10.9. The van der Waals surface area contributed by atoms with Crippen molar-refractivity contribution >= 4 is 23.0 Å². The van der Waals surface area contributed by atoms with Crippen molar-refractivity contribution in [2.75, 3.05) is 5.32 Å². The Balaban J connectivity index is 2.10. The molecular formula is C20H26N2S. The highest BCUT2D eigenvalue weighted by molar-refractivity contribution is 7.80. The molecule has 0 saturated carbocycles. The van der Waals surface area contributed by atoms with Crippen LogP contribution in [0.2, 0.25) is 0 Å². The Morgan fingerprint density at radius 1 is 0.957 bits per heavy atom. The second kappa shape index (κ2) is 7.60. The SMILES string of the molecule is CCC(NC(=S)Nc1cc(C)cc(C)c1)c1ccc(C)cc1C. The summed E-state index contributed by atoms with van der Waals surface area (Å²) in [4.78, 5) is 0. The van der Waals surface area contributed by atoms with Crippen molar-refractivity contribution in [1.29, 1.82) is 0 Å². The molecule has 0 saturated heterocycles. The summed E-state index contributed by atoms with van der Waals surface area (Å²) in [5.74, 6) is 0. The third-order valence-electron chi connectivity index (χ3n) is 3.99. The van der Waals surface area contributed by atoms with E-state index in [4.69, 9.17) is 12.2 Å². The van der Waals surface area contributed by atoms with Crippen LogP contribution >= 0.6 is 12.2 Å². The summed E-state index contributed by atoms with van der Waals surface area (Å²) in [6.07, 6.45) is 0.985. The van der Waals surface area contributed by atoms with E-state index >= 15 is 0 Å². The van der Waals surface area contributed by atoms with E-state index in [9.17, 15) is 0 Å². The first kappa shape index (κ1) is 17.5. The van der Waals surface area contributed by atoms with Gasteiger partial charge in [0, 0.05) is 5.69 Å². The number of benzene rings is 2. The molecule has 2 rings (SSSR count). The van der Waals surface area contributed by atoms with Crippen LogP contribution in [-0.4, -0.2) is 5.11 Å². The highest BCUT2D eigenvalue weighted by Gasteiger charge is 2.13. The summed E-state index contributed by atoms with van der Waals surface area (Å²) in [5.41, 5.74) is 7.40. The van der Waals surface area contributed by atoms with Crippen LogP contribution in [0.3, 0.4) is 0 Å². The lowest BCUT2D eigenvalue weighted by Gasteiger charge is -2.22. The molecule has 0 aliphatic carbocycles. The van der Waals surface area contributed by atoms with Gasteiger partial charge in [0.15, 0.2) is 5.11 Å². The van der Waals surface area contributed by atoms with Crippen LogP contribution in [0.5, 0.6) is 0 Å². The molecule has 0 radical (unpaired) electrons. The fourth-order valence-electron chi connectivity index (χ4n) is 2.99. The molecule has 2 nitrogen and oxygen atoms in total. The average Bonchev–Trinajstić information content (AvgIpc) is 2.44. The van der Waals surface area contributed by atoms with Gasteiger partial charge in [-0.15, -0.1) is 0 Å². The molecule has 0 amide bonds. The zero-order chi connectivity index (χ0) is 17.0. The summed E-state index contributed by atoms with van der Waals surface area (Å²) in [5, 5.41) is 7.43. The maximum Gasteiger partial charge on any atom is 0.171 e. The first-order valence-corrected chi connectivity index (χ1v) is 8.53. The Morgan fingerprint density at radius 3 is 2.17 bits per heavy atom. The lowest BCUT2D eigenvalue weighted by atomic mass is 9.98. The van der Waals surface area contributed by atoms with Gasteiger partial charge in [0.2, 0.25) is 0 Å². The van der Waals surface area contributed by atoms with Gasteiger partial charge < -0.3 is 10.6 Å². The number of nitrogens with one attached hydrogen (secondary N) is 2. The van der Waals surface area contributed by atoms with Crippen LogP contribution in [0.25, 0.3) is 0 Å². The van der Waals surface area contributed by atoms with Crippen LogP contribution < -0.4 is 10.6 Å². The second-order valence-corrected chi connectivity index (χ2v) is 6.70. The lowest BCUT2D eigenvalue weighted by Crippen LogP contribution is -2.32. The van der Waals surface area contributed by atoms with E-state index in [2.05, 4.69) is 81.7 Å². The van der Waals surface area contributed by atoms with Gasteiger partial charge in [-0.2, -0.15) is 0 Å². The summed E-state index contributed by atoms with van der Waals surface area (Å²) in [7, 11) is 0. The zero-order valence-corrected chi connectivity index (χ0v) is 15.5. The molecule has 2 aromatic carbocycles. The van der Waals surface area contributed by atoms with Crippen LogP contribution in [0.1, 0.15) is 47.2 Å². The normalized spacial score (nSPS) is 11.9. The smallest absolute Gasteiger partial charge is 0.171 e. The second-order valence-electron chi connectivity index (χ2n) is 6.30. The zero-order valence-electron chi connectivity index (χ0n) is 14.7. The molecule has 0 fully saturated rings. The number of hydrogen-bond acceptors (Lipinski definition) is 1. The number of rotatable bonds is 4.